The van der Waals surface area contributed by atoms with Crippen molar-refractivity contribution in [2.45, 2.75) is 31.1 Å². The van der Waals surface area contributed by atoms with Crippen LogP contribution in [0, 0.1) is 5.92 Å². The molecule has 1 fully saturated rings. The van der Waals surface area contributed by atoms with Gasteiger partial charge in [-0.15, -0.1) is 0 Å². The molecule has 0 saturated carbocycles. The largest absolute Gasteiger partial charge is 0.508 e. The smallest absolute Gasteiger partial charge is 0.115 e. The van der Waals surface area contributed by atoms with E-state index in [1.54, 1.807) is 6.07 Å². The van der Waals surface area contributed by atoms with E-state index < -0.39 is 0 Å². The highest BCUT2D eigenvalue weighted by atomic mass is 16.5. The molecule has 98 valence electrons. The highest BCUT2D eigenvalue weighted by Gasteiger charge is 2.44. The van der Waals surface area contributed by atoms with Gasteiger partial charge in [0.1, 0.15) is 5.75 Å². The fourth-order valence-electron chi connectivity index (χ4n) is 3.83. The second-order valence-electron chi connectivity index (χ2n) is 5.58. The Bertz CT molecular complexity index is 438. The van der Waals surface area contributed by atoms with Crippen LogP contribution < -0.4 is 5.73 Å². The van der Waals surface area contributed by atoms with E-state index in [4.69, 9.17) is 10.5 Å². The number of hydrogen-bond donors (Lipinski definition) is 2. The molecule has 0 radical (unpaired) electrons. The third-order valence-electron chi connectivity index (χ3n) is 4.84. The van der Waals surface area contributed by atoms with Crippen molar-refractivity contribution in [3.8, 4) is 5.75 Å². The van der Waals surface area contributed by atoms with Gasteiger partial charge in [-0.1, -0.05) is 6.07 Å². The molecular formula is C15H21NO2. The highest BCUT2D eigenvalue weighted by molar-refractivity contribution is 5.43. The molecule has 1 aromatic rings. The van der Waals surface area contributed by atoms with E-state index in [0.717, 1.165) is 45.4 Å². The Morgan fingerprint density at radius 1 is 1.33 bits per heavy atom. The van der Waals surface area contributed by atoms with Crippen LogP contribution >= 0.6 is 0 Å². The fraction of sp³-hybridized carbons (Fsp3) is 0.600. The molecule has 1 saturated heterocycles. The summed E-state index contributed by atoms with van der Waals surface area (Å²) in [5, 5.41) is 9.80. The second-order valence-corrected chi connectivity index (χ2v) is 5.58. The van der Waals surface area contributed by atoms with Crippen LogP contribution in [0.25, 0.3) is 0 Å². The summed E-state index contributed by atoms with van der Waals surface area (Å²) >= 11 is 0. The van der Waals surface area contributed by atoms with E-state index >= 15 is 0 Å². The van der Waals surface area contributed by atoms with Crippen molar-refractivity contribution in [2.24, 2.45) is 11.7 Å². The predicted octanol–water partition coefficient (Wildman–Crippen LogP) is 1.96. The third kappa shape index (κ3) is 1.73. The first-order valence-electron chi connectivity index (χ1n) is 6.86. The molecule has 3 heteroatoms. The molecule has 1 spiro atoms. The van der Waals surface area contributed by atoms with Crippen molar-refractivity contribution < 1.29 is 9.84 Å². The number of benzene rings is 1. The van der Waals surface area contributed by atoms with Gasteiger partial charge in [0.25, 0.3) is 0 Å². The van der Waals surface area contributed by atoms with E-state index in [2.05, 4.69) is 6.07 Å². The first kappa shape index (κ1) is 12.0. The lowest BCUT2D eigenvalue weighted by atomic mass is 9.59. The van der Waals surface area contributed by atoms with E-state index in [-0.39, 0.29) is 5.41 Å². The van der Waals surface area contributed by atoms with Gasteiger partial charge in [0, 0.05) is 18.6 Å². The number of rotatable bonds is 1. The highest BCUT2D eigenvalue weighted by Crippen LogP contribution is 2.48. The summed E-state index contributed by atoms with van der Waals surface area (Å²) in [4.78, 5) is 0. The molecule has 3 nitrogen and oxygen atoms in total. The topological polar surface area (TPSA) is 55.5 Å². The Morgan fingerprint density at radius 3 is 2.83 bits per heavy atom. The molecule has 3 rings (SSSR count). The number of aryl methyl sites for hydroxylation is 1. The third-order valence-corrected chi connectivity index (χ3v) is 4.84. The number of nitrogens with two attached hydrogens (primary N) is 1. The van der Waals surface area contributed by atoms with Gasteiger partial charge in [0.05, 0.1) is 0 Å². The minimum atomic E-state index is 0.138. The number of hydrogen-bond acceptors (Lipinski definition) is 3. The number of phenolic OH excluding ortho intramolecular Hbond substituents is 1. The van der Waals surface area contributed by atoms with Crippen LogP contribution in [0.4, 0.5) is 0 Å². The Labute approximate surface area is 108 Å². The zero-order valence-electron chi connectivity index (χ0n) is 10.7. The Hall–Kier alpha value is -1.06. The van der Waals surface area contributed by atoms with Gasteiger partial charge in [0.2, 0.25) is 0 Å². The van der Waals surface area contributed by atoms with Crippen molar-refractivity contribution in [1.82, 2.24) is 0 Å². The van der Waals surface area contributed by atoms with Gasteiger partial charge >= 0.3 is 0 Å². The average Bonchev–Trinajstić information content (AvgIpc) is 2.41. The van der Waals surface area contributed by atoms with E-state index in [1.165, 1.54) is 11.1 Å². The number of aromatic hydroxyl groups is 1. The Kier molecular flexibility index (Phi) is 3.04. The van der Waals surface area contributed by atoms with Crippen molar-refractivity contribution in [3.05, 3.63) is 29.3 Å². The molecule has 0 bridgehead atoms. The fourth-order valence-corrected chi connectivity index (χ4v) is 3.83. The van der Waals surface area contributed by atoms with Crippen molar-refractivity contribution >= 4 is 0 Å². The molecule has 1 unspecified atom stereocenters. The number of phenols is 1. The summed E-state index contributed by atoms with van der Waals surface area (Å²) in [6, 6.07) is 5.84. The average molecular weight is 247 g/mol. The summed E-state index contributed by atoms with van der Waals surface area (Å²) in [5.41, 5.74) is 8.85. The minimum absolute atomic E-state index is 0.138. The summed E-state index contributed by atoms with van der Waals surface area (Å²) in [5.74, 6) is 0.896. The Morgan fingerprint density at radius 2 is 2.11 bits per heavy atom. The molecule has 3 N–H and O–H groups in total. The van der Waals surface area contributed by atoms with Crippen LogP contribution in [-0.2, 0) is 16.6 Å². The second kappa shape index (κ2) is 4.56. The van der Waals surface area contributed by atoms with Gasteiger partial charge in [0.15, 0.2) is 0 Å². The van der Waals surface area contributed by atoms with Crippen LogP contribution in [0.15, 0.2) is 18.2 Å². The minimum Gasteiger partial charge on any atom is -0.508 e. The van der Waals surface area contributed by atoms with Crippen molar-refractivity contribution in [3.63, 3.8) is 0 Å². The predicted molar refractivity (Wildman–Crippen MR) is 70.7 cm³/mol. The van der Waals surface area contributed by atoms with Gasteiger partial charge in [-0.3, -0.25) is 0 Å². The molecule has 1 aliphatic heterocycles. The maximum Gasteiger partial charge on any atom is 0.115 e. The Balaban J connectivity index is 2.10. The number of ether oxygens (including phenoxy) is 1. The normalized spacial score (nSPS) is 25.9. The van der Waals surface area contributed by atoms with E-state index in [9.17, 15) is 5.11 Å². The maximum absolute atomic E-state index is 9.80. The maximum atomic E-state index is 9.80. The van der Waals surface area contributed by atoms with Gasteiger partial charge in [-0.05, 0) is 61.4 Å². The van der Waals surface area contributed by atoms with Gasteiger partial charge < -0.3 is 15.6 Å². The van der Waals surface area contributed by atoms with Crippen LogP contribution in [-0.4, -0.2) is 24.9 Å². The zero-order valence-corrected chi connectivity index (χ0v) is 10.7. The lowest BCUT2D eigenvalue weighted by Gasteiger charge is -2.47. The summed E-state index contributed by atoms with van der Waals surface area (Å²) in [6.07, 6.45) is 4.31. The lowest BCUT2D eigenvalue weighted by Crippen LogP contribution is -2.46. The molecule has 1 atom stereocenters. The van der Waals surface area contributed by atoms with Crippen LogP contribution in [0.2, 0.25) is 0 Å². The lowest BCUT2D eigenvalue weighted by molar-refractivity contribution is 0.0213. The van der Waals surface area contributed by atoms with Crippen molar-refractivity contribution in [1.29, 1.82) is 0 Å². The molecule has 1 aromatic carbocycles. The number of fused-ring (bicyclic) bond motifs is 2. The monoisotopic (exact) mass is 247 g/mol. The summed E-state index contributed by atoms with van der Waals surface area (Å²) in [6.45, 7) is 2.35. The van der Waals surface area contributed by atoms with E-state index in [1.807, 2.05) is 6.07 Å². The molecule has 2 aliphatic rings. The molecule has 0 amide bonds. The molecule has 18 heavy (non-hydrogen) atoms. The van der Waals surface area contributed by atoms with Crippen LogP contribution in [0.5, 0.6) is 5.75 Å². The first-order chi connectivity index (χ1) is 8.76. The van der Waals surface area contributed by atoms with E-state index in [0.29, 0.717) is 11.7 Å². The molecule has 1 aliphatic carbocycles. The standard InChI is InChI=1S/C15H21NO2/c16-10-12-3-1-11-2-4-13(17)9-14(11)15(12)5-7-18-8-6-15/h2,4,9,12,17H,1,3,5-8,10,16H2. The molecule has 1 heterocycles. The SMILES string of the molecule is NCC1CCc2ccc(O)cc2C12CCOCC2. The van der Waals surface area contributed by atoms with Crippen molar-refractivity contribution in [2.75, 3.05) is 19.8 Å². The quantitative estimate of drug-likeness (QED) is 0.797. The van der Waals surface area contributed by atoms with Gasteiger partial charge in [-0.2, -0.15) is 0 Å². The van der Waals surface area contributed by atoms with Crippen LogP contribution in [0.1, 0.15) is 30.4 Å². The summed E-state index contributed by atoms with van der Waals surface area (Å²) in [7, 11) is 0. The summed E-state index contributed by atoms with van der Waals surface area (Å²) < 4.78 is 5.53. The van der Waals surface area contributed by atoms with Gasteiger partial charge in [-0.25, -0.2) is 0 Å². The first-order valence-corrected chi connectivity index (χ1v) is 6.86. The molecular weight excluding hydrogens is 226 g/mol. The van der Waals surface area contributed by atoms with Crippen LogP contribution in [0.3, 0.4) is 0 Å². The molecule has 0 aromatic heterocycles. The zero-order chi connectivity index (χ0) is 12.6.